The molecule has 0 aliphatic carbocycles. The van der Waals surface area contributed by atoms with Crippen LogP contribution in [0.3, 0.4) is 0 Å². The van der Waals surface area contributed by atoms with E-state index in [1.165, 1.54) is 13.8 Å². The average Bonchev–Trinajstić information content (AvgIpc) is 2.96. The molecule has 0 spiro atoms. The predicted octanol–water partition coefficient (Wildman–Crippen LogP) is 6.52. The first-order valence-electron chi connectivity index (χ1n) is 18.7. The lowest BCUT2D eigenvalue weighted by Crippen LogP contribution is -2.49. The van der Waals surface area contributed by atoms with Crippen LogP contribution in [0.5, 0.6) is 0 Å². The zero-order valence-electron chi connectivity index (χ0n) is 36.1. The lowest BCUT2D eigenvalue weighted by molar-refractivity contribution is -0.121. The van der Waals surface area contributed by atoms with Crippen LogP contribution in [0.1, 0.15) is 135 Å². The summed E-state index contributed by atoms with van der Waals surface area (Å²) in [6, 6.07) is 0. The van der Waals surface area contributed by atoms with Crippen LogP contribution in [-0.2, 0) is 23.8 Å². The van der Waals surface area contributed by atoms with E-state index in [0.29, 0.717) is 38.5 Å². The lowest BCUT2D eigenvalue weighted by Gasteiger charge is -2.33. The zero-order chi connectivity index (χ0) is 42.3. The molecule has 0 rings (SSSR count). The Kier molecular flexibility index (Phi) is 19.8. The summed E-state index contributed by atoms with van der Waals surface area (Å²) in [6.45, 7) is 28.6. The molecule has 54 heavy (non-hydrogen) atoms. The number of hydrogen-bond donors (Lipinski definition) is 6. The summed E-state index contributed by atoms with van der Waals surface area (Å²) >= 11 is 0. The van der Waals surface area contributed by atoms with Gasteiger partial charge in [0.1, 0.15) is 19.8 Å². The summed E-state index contributed by atoms with van der Waals surface area (Å²) in [5.74, 6) is -0.985. The molecule has 0 radical (unpaired) electrons. The Hall–Kier alpha value is -3.35. The summed E-state index contributed by atoms with van der Waals surface area (Å²) in [5, 5.41) is 17.4. The molecule has 6 amide bonds. The Morgan fingerprint density at radius 1 is 0.426 bits per heavy atom. The Morgan fingerprint density at radius 2 is 0.648 bits per heavy atom. The van der Waals surface area contributed by atoms with Gasteiger partial charge >= 0.3 is 18.3 Å². The molecule has 0 heterocycles. The van der Waals surface area contributed by atoms with Gasteiger partial charge in [0.15, 0.2) is 0 Å². The maximum atomic E-state index is 13.0. The molecule has 0 aliphatic rings. The van der Waals surface area contributed by atoms with Crippen molar-refractivity contribution in [1.82, 2.24) is 31.9 Å². The van der Waals surface area contributed by atoms with Crippen molar-refractivity contribution in [3.05, 3.63) is 0 Å². The molecule has 0 saturated carbocycles. The number of ether oxygens (including phenoxy) is 3. The van der Waals surface area contributed by atoms with Gasteiger partial charge in [-0.15, -0.1) is 0 Å². The molecular weight excluding hydrogens is 715 g/mol. The lowest BCUT2D eigenvalue weighted by atomic mass is 9.89. The van der Waals surface area contributed by atoms with Crippen LogP contribution in [0.15, 0.2) is 0 Å². The highest BCUT2D eigenvalue weighted by Crippen LogP contribution is 2.28. The first kappa shape index (κ1) is 50.6. The van der Waals surface area contributed by atoms with Gasteiger partial charge in [-0.25, -0.2) is 14.4 Å². The number of carbonyl (C=O) groups excluding carboxylic acids is 6. The minimum Gasteiger partial charge on any atom is -0.449 e. The van der Waals surface area contributed by atoms with Crippen molar-refractivity contribution < 1.29 is 43.0 Å². The number of rotatable bonds is 22. The SMILES string of the molecule is CC(=O)NC(C)(C)CCC(C)(C)NC(=O)OCC(COC(=O)NC(C)(C)CCC(C)(C)NC(C)=O)COC(=O)NC(C)(C)CCC(C)(C)NC(=O)P(C)C. The van der Waals surface area contributed by atoms with Gasteiger partial charge < -0.3 is 46.1 Å². The van der Waals surface area contributed by atoms with Crippen molar-refractivity contribution in [2.45, 2.75) is 169 Å². The smallest absolute Gasteiger partial charge is 0.407 e. The molecule has 0 aromatic rings. The van der Waals surface area contributed by atoms with E-state index in [2.05, 4.69) is 31.9 Å². The van der Waals surface area contributed by atoms with Gasteiger partial charge in [0.25, 0.3) is 0 Å². The fourth-order valence-corrected chi connectivity index (χ4v) is 5.79. The van der Waals surface area contributed by atoms with E-state index < -0.39 is 65.4 Å². The molecule has 15 nitrogen and oxygen atoms in total. The maximum Gasteiger partial charge on any atom is 0.407 e. The predicted molar refractivity (Wildman–Crippen MR) is 214 cm³/mol. The van der Waals surface area contributed by atoms with Gasteiger partial charge in [-0.2, -0.15) is 0 Å². The van der Waals surface area contributed by atoms with Crippen molar-refractivity contribution in [1.29, 1.82) is 0 Å². The minimum atomic E-state index is -0.773. The number of carbonyl (C=O) groups is 6. The number of amides is 6. The van der Waals surface area contributed by atoms with Gasteiger partial charge in [0, 0.05) is 47.1 Å². The Balaban J connectivity index is 5.53. The molecule has 0 bridgehead atoms. The topological polar surface area (TPSA) is 202 Å². The molecule has 6 N–H and O–H groups in total. The monoisotopic (exact) mass is 789 g/mol. The van der Waals surface area contributed by atoms with Crippen LogP contribution in [0.25, 0.3) is 0 Å². The second kappa shape index (κ2) is 21.1. The summed E-state index contributed by atoms with van der Waals surface area (Å²) in [5.41, 5.74) is -3.42. The van der Waals surface area contributed by atoms with Crippen LogP contribution in [0.4, 0.5) is 19.2 Å². The van der Waals surface area contributed by atoms with Crippen LogP contribution >= 0.6 is 7.92 Å². The van der Waals surface area contributed by atoms with Gasteiger partial charge in [-0.3, -0.25) is 14.4 Å². The molecule has 0 aromatic heterocycles. The summed E-state index contributed by atoms with van der Waals surface area (Å²) in [4.78, 5) is 74.1. The van der Waals surface area contributed by atoms with E-state index >= 15 is 0 Å². The summed E-state index contributed by atoms with van der Waals surface area (Å²) in [7, 11) is -0.773. The highest BCUT2D eigenvalue weighted by molar-refractivity contribution is 7.73. The fourth-order valence-electron chi connectivity index (χ4n) is 5.27. The quantitative estimate of drug-likeness (QED) is 0.0522. The number of alkyl carbamates (subject to hydrolysis) is 3. The van der Waals surface area contributed by atoms with Crippen LogP contribution in [0.2, 0.25) is 0 Å². The first-order chi connectivity index (χ1) is 24.2. The molecule has 0 saturated heterocycles. The molecular formula is C38H73N6O9P. The molecule has 0 aliphatic heterocycles. The zero-order valence-corrected chi connectivity index (χ0v) is 37.0. The van der Waals surface area contributed by atoms with E-state index in [1.54, 1.807) is 0 Å². The van der Waals surface area contributed by atoms with Gasteiger partial charge in [-0.05, 0) is 143 Å². The Labute approximate surface area is 325 Å². The van der Waals surface area contributed by atoms with E-state index in [9.17, 15) is 28.8 Å². The van der Waals surface area contributed by atoms with E-state index in [-0.39, 0.29) is 37.3 Å². The van der Waals surface area contributed by atoms with Crippen molar-refractivity contribution in [3.63, 3.8) is 0 Å². The molecule has 0 atom stereocenters. The van der Waals surface area contributed by atoms with Crippen molar-refractivity contribution in [3.8, 4) is 0 Å². The summed E-state index contributed by atoms with van der Waals surface area (Å²) in [6.07, 6.45) is 1.33. The van der Waals surface area contributed by atoms with Gasteiger partial charge in [-0.1, -0.05) is 0 Å². The van der Waals surface area contributed by atoms with E-state index in [4.69, 9.17) is 14.2 Å². The standard InChI is InChI=1S/C38H73N6O9P/c1-26(45)39-33(3,4)17-19-35(7,8)41-29(47)51-23-28(24-52-30(48)42-36(9,10)20-18-34(5,6)40-27(2)46)25-53-31(49)43-37(11,12)21-22-38(13,14)44-32(50)54(15)16/h28H,17-25H2,1-16H3,(H,39,45)(H,40,46)(H,41,47)(H,42,48)(H,43,49)(H,44,50). The molecule has 314 valence electrons. The van der Waals surface area contributed by atoms with Crippen LogP contribution < -0.4 is 31.9 Å². The molecule has 0 unspecified atom stereocenters. The fraction of sp³-hybridized carbons (Fsp3) is 0.842. The molecule has 0 aromatic carbocycles. The highest BCUT2D eigenvalue weighted by atomic mass is 31.1. The van der Waals surface area contributed by atoms with E-state index in [1.807, 2.05) is 96.4 Å². The third-order valence-electron chi connectivity index (χ3n) is 8.68. The largest absolute Gasteiger partial charge is 0.449 e. The number of nitrogens with one attached hydrogen (secondary N) is 6. The Morgan fingerprint density at radius 3 is 0.870 bits per heavy atom. The first-order valence-corrected chi connectivity index (χ1v) is 20.9. The van der Waals surface area contributed by atoms with Gasteiger partial charge in [0.2, 0.25) is 17.5 Å². The second-order valence-electron chi connectivity index (χ2n) is 18.5. The van der Waals surface area contributed by atoms with Crippen LogP contribution in [-0.4, -0.2) is 102 Å². The molecule has 0 fully saturated rings. The normalized spacial score (nSPS) is 12.8. The third-order valence-corrected chi connectivity index (χ3v) is 9.60. The van der Waals surface area contributed by atoms with Crippen molar-refractivity contribution in [2.24, 2.45) is 5.92 Å². The third kappa shape index (κ3) is 24.9. The highest BCUT2D eigenvalue weighted by Gasteiger charge is 2.31. The minimum absolute atomic E-state index is 0.0157. The van der Waals surface area contributed by atoms with Crippen molar-refractivity contribution in [2.75, 3.05) is 33.2 Å². The average molecular weight is 789 g/mol. The maximum absolute atomic E-state index is 13.0. The van der Waals surface area contributed by atoms with E-state index in [0.717, 1.165) is 0 Å². The second-order valence-corrected chi connectivity index (χ2v) is 20.7. The molecule has 16 heteroatoms. The Bertz CT molecular complexity index is 1220. The van der Waals surface area contributed by atoms with Gasteiger partial charge in [0.05, 0.1) is 5.92 Å². The van der Waals surface area contributed by atoms with Crippen LogP contribution in [0, 0.1) is 5.92 Å². The van der Waals surface area contributed by atoms with Crippen molar-refractivity contribution >= 4 is 43.7 Å². The number of hydrogen-bond acceptors (Lipinski definition) is 9. The summed E-state index contributed by atoms with van der Waals surface area (Å²) < 4.78 is 16.6.